The van der Waals surface area contributed by atoms with E-state index in [9.17, 15) is 0 Å². The molecule has 0 radical (unpaired) electrons. The van der Waals surface area contributed by atoms with E-state index in [1.165, 1.54) is 24.0 Å². The van der Waals surface area contributed by atoms with Gasteiger partial charge in [0, 0.05) is 5.41 Å². The molecule has 0 aliphatic carbocycles. The highest BCUT2D eigenvalue weighted by molar-refractivity contribution is 5.29. The van der Waals surface area contributed by atoms with Gasteiger partial charge in [-0.05, 0) is 31.4 Å². The number of furan rings is 1. The lowest BCUT2D eigenvalue weighted by atomic mass is 9.83. The highest BCUT2D eigenvalue weighted by atomic mass is 16.3. The third kappa shape index (κ3) is 1.96. The van der Waals surface area contributed by atoms with Crippen molar-refractivity contribution in [2.75, 3.05) is 0 Å². The third-order valence-electron chi connectivity index (χ3n) is 2.78. The molecule has 1 aromatic rings. The van der Waals surface area contributed by atoms with Gasteiger partial charge in [0.15, 0.2) is 0 Å². The average Bonchev–Trinajstić information content (AvgIpc) is 2.33. The van der Waals surface area contributed by atoms with Crippen LogP contribution in [-0.4, -0.2) is 0 Å². The Morgan fingerprint density at radius 3 is 2.31 bits per heavy atom. The summed E-state index contributed by atoms with van der Waals surface area (Å²) in [6.45, 7) is 11.0. The van der Waals surface area contributed by atoms with Crippen LogP contribution in [0.1, 0.15) is 50.5 Å². The molecular formula is C12H20O. The molecule has 1 nitrogen and oxygen atoms in total. The second-order valence-corrected chi connectivity index (χ2v) is 4.51. The Bertz CT molecular complexity index is 281. The monoisotopic (exact) mass is 180 g/mol. The van der Waals surface area contributed by atoms with Gasteiger partial charge in [0.05, 0.1) is 6.26 Å². The van der Waals surface area contributed by atoms with Crippen LogP contribution in [0.3, 0.4) is 0 Å². The summed E-state index contributed by atoms with van der Waals surface area (Å²) < 4.78 is 5.61. The van der Waals surface area contributed by atoms with Crippen LogP contribution in [-0.2, 0) is 5.41 Å². The fourth-order valence-corrected chi connectivity index (χ4v) is 1.91. The Morgan fingerprint density at radius 1 is 1.31 bits per heavy atom. The Hall–Kier alpha value is -0.720. The molecule has 0 aliphatic rings. The smallest absolute Gasteiger partial charge is 0.112 e. The fraction of sp³-hybridized carbons (Fsp3) is 0.667. The zero-order chi connectivity index (χ0) is 10.1. The molecule has 0 atom stereocenters. The lowest BCUT2D eigenvalue weighted by molar-refractivity contribution is 0.359. The molecule has 1 rings (SSSR count). The summed E-state index contributed by atoms with van der Waals surface area (Å²) in [4.78, 5) is 0. The summed E-state index contributed by atoms with van der Waals surface area (Å²) in [6, 6.07) is 0. The first kappa shape index (κ1) is 10.4. The highest BCUT2D eigenvalue weighted by Gasteiger charge is 2.25. The van der Waals surface area contributed by atoms with Crippen LogP contribution in [0.15, 0.2) is 10.7 Å². The lowest BCUT2D eigenvalue weighted by Gasteiger charge is -2.22. The summed E-state index contributed by atoms with van der Waals surface area (Å²) in [7, 11) is 0. The van der Waals surface area contributed by atoms with E-state index >= 15 is 0 Å². The molecular weight excluding hydrogens is 160 g/mol. The van der Waals surface area contributed by atoms with E-state index < -0.39 is 0 Å². The van der Waals surface area contributed by atoms with Gasteiger partial charge in [0.25, 0.3) is 0 Å². The molecule has 0 saturated carbocycles. The van der Waals surface area contributed by atoms with E-state index in [1.807, 2.05) is 6.26 Å². The maximum atomic E-state index is 5.61. The van der Waals surface area contributed by atoms with Gasteiger partial charge in [-0.1, -0.05) is 27.2 Å². The van der Waals surface area contributed by atoms with Crippen molar-refractivity contribution in [3.63, 3.8) is 0 Å². The molecule has 0 amide bonds. The number of rotatable bonds is 3. The standard InChI is InChI=1S/C12H20O/c1-6-7-12(4,5)11-10(3)9(2)8-13-11/h8H,6-7H2,1-5H3. The van der Waals surface area contributed by atoms with Crippen molar-refractivity contribution in [1.29, 1.82) is 0 Å². The molecule has 0 saturated heterocycles. The summed E-state index contributed by atoms with van der Waals surface area (Å²) in [5.74, 6) is 1.16. The molecule has 74 valence electrons. The first-order chi connectivity index (χ1) is 5.99. The van der Waals surface area contributed by atoms with E-state index in [0.29, 0.717) is 0 Å². The summed E-state index contributed by atoms with van der Waals surface area (Å²) >= 11 is 0. The van der Waals surface area contributed by atoms with Gasteiger partial charge in [-0.2, -0.15) is 0 Å². The SMILES string of the molecule is CCCC(C)(C)c1occ(C)c1C. The molecule has 0 spiro atoms. The maximum absolute atomic E-state index is 5.61. The van der Waals surface area contributed by atoms with Crippen LogP contribution in [0.25, 0.3) is 0 Å². The predicted molar refractivity (Wildman–Crippen MR) is 56.1 cm³/mol. The minimum absolute atomic E-state index is 0.188. The maximum Gasteiger partial charge on any atom is 0.112 e. The highest BCUT2D eigenvalue weighted by Crippen LogP contribution is 2.32. The van der Waals surface area contributed by atoms with Crippen LogP contribution in [0.2, 0.25) is 0 Å². The quantitative estimate of drug-likeness (QED) is 0.686. The third-order valence-corrected chi connectivity index (χ3v) is 2.78. The fourth-order valence-electron chi connectivity index (χ4n) is 1.91. The van der Waals surface area contributed by atoms with Crippen LogP contribution in [0.5, 0.6) is 0 Å². The molecule has 13 heavy (non-hydrogen) atoms. The van der Waals surface area contributed by atoms with Crippen LogP contribution < -0.4 is 0 Å². The van der Waals surface area contributed by atoms with Crippen molar-refractivity contribution >= 4 is 0 Å². The summed E-state index contributed by atoms with van der Waals surface area (Å²) in [6.07, 6.45) is 4.25. The van der Waals surface area contributed by atoms with Crippen LogP contribution in [0, 0.1) is 13.8 Å². The summed E-state index contributed by atoms with van der Waals surface area (Å²) in [5.41, 5.74) is 2.77. The Morgan fingerprint density at radius 2 is 1.92 bits per heavy atom. The van der Waals surface area contributed by atoms with Crippen molar-refractivity contribution in [3.8, 4) is 0 Å². The van der Waals surface area contributed by atoms with Gasteiger partial charge in [-0.25, -0.2) is 0 Å². The van der Waals surface area contributed by atoms with Crippen molar-refractivity contribution in [2.24, 2.45) is 0 Å². The largest absolute Gasteiger partial charge is 0.468 e. The van der Waals surface area contributed by atoms with Gasteiger partial charge in [0.1, 0.15) is 5.76 Å². The van der Waals surface area contributed by atoms with Crippen molar-refractivity contribution in [3.05, 3.63) is 23.2 Å². The van der Waals surface area contributed by atoms with Crippen molar-refractivity contribution in [2.45, 2.75) is 52.9 Å². The second-order valence-electron chi connectivity index (χ2n) is 4.51. The van der Waals surface area contributed by atoms with Gasteiger partial charge in [0.2, 0.25) is 0 Å². The molecule has 1 heterocycles. The zero-order valence-corrected chi connectivity index (χ0v) is 9.40. The molecule has 0 unspecified atom stereocenters. The van der Waals surface area contributed by atoms with Gasteiger partial charge in [-0.3, -0.25) is 0 Å². The summed E-state index contributed by atoms with van der Waals surface area (Å²) in [5, 5.41) is 0. The number of aryl methyl sites for hydroxylation is 1. The second kappa shape index (κ2) is 3.57. The number of hydrogen-bond donors (Lipinski definition) is 0. The topological polar surface area (TPSA) is 13.1 Å². The normalized spacial score (nSPS) is 12.1. The first-order valence-corrected chi connectivity index (χ1v) is 5.04. The predicted octanol–water partition coefficient (Wildman–Crippen LogP) is 3.97. The molecule has 0 aliphatic heterocycles. The van der Waals surface area contributed by atoms with Gasteiger partial charge in [-0.15, -0.1) is 0 Å². The molecule has 0 N–H and O–H groups in total. The number of hydrogen-bond acceptors (Lipinski definition) is 1. The van der Waals surface area contributed by atoms with Crippen LogP contribution >= 0.6 is 0 Å². The van der Waals surface area contributed by atoms with E-state index in [1.54, 1.807) is 0 Å². The molecule has 1 aromatic heterocycles. The Labute approximate surface area is 81.1 Å². The van der Waals surface area contributed by atoms with Crippen molar-refractivity contribution < 1.29 is 4.42 Å². The van der Waals surface area contributed by atoms with E-state index in [-0.39, 0.29) is 5.41 Å². The molecule has 0 bridgehead atoms. The van der Waals surface area contributed by atoms with Gasteiger partial charge >= 0.3 is 0 Å². The van der Waals surface area contributed by atoms with Gasteiger partial charge < -0.3 is 4.42 Å². The minimum Gasteiger partial charge on any atom is -0.468 e. The molecule has 0 fully saturated rings. The van der Waals surface area contributed by atoms with Crippen molar-refractivity contribution in [1.82, 2.24) is 0 Å². The Balaban J connectivity index is 2.99. The Kier molecular flexibility index (Phi) is 2.84. The van der Waals surface area contributed by atoms with Crippen LogP contribution in [0.4, 0.5) is 0 Å². The van der Waals surface area contributed by atoms with E-state index in [0.717, 1.165) is 5.76 Å². The minimum atomic E-state index is 0.188. The average molecular weight is 180 g/mol. The first-order valence-electron chi connectivity index (χ1n) is 5.04. The molecule has 1 heteroatoms. The zero-order valence-electron chi connectivity index (χ0n) is 9.40. The van der Waals surface area contributed by atoms with E-state index in [4.69, 9.17) is 4.42 Å². The van der Waals surface area contributed by atoms with E-state index in [2.05, 4.69) is 34.6 Å². The molecule has 0 aromatic carbocycles. The lowest BCUT2D eigenvalue weighted by Crippen LogP contribution is -2.16.